The zero-order chi connectivity index (χ0) is 21.4. The number of amides is 1. The third-order valence-corrected chi connectivity index (χ3v) is 4.87. The normalized spacial score (nSPS) is 15.5. The molecular formula is C22H30ClNO5. The van der Waals surface area contributed by atoms with Crippen molar-refractivity contribution in [1.82, 2.24) is 5.32 Å². The molecule has 0 unspecified atom stereocenters. The van der Waals surface area contributed by atoms with Crippen molar-refractivity contribution in [3.63, 3.8) is 0 Å². The number of esters is 1. The molecule has 6 nitrogen and oxygen atoms in total. The minimum atomic E-state index is -0.849. The van der Waals surface area contributed by atoms with Crippen molar-refractivity contribution in [3.8, 4) is 11.5 Å². The number of halogens is 1. The third kappa shape index (κ3) is 7.28. The average Bonchev–Trinajstić information content (AvgIpc) is 3.17. The monoisotopic (exact) mass is 423 g/mol. The highest BCUT2D eigenvalue weighted by Gasteiger charge is 2.22. The first-order valence-corrected chi connectivity index (χ1v) is 10.4. The minimum Gasteiger partial charge on any atom is -0.493 e. The second-order valence-corrected chi connectivity index (χ2v) is 8.05. The number of carbonyl (C=O) groups excluding carboxylic acids is 2. The Labute approximate surface area is 177 Å². The maximum Gasteiger partial charge on any atom is 0.331 e. The number of ether oxygens (including phenoxy) is 3. The smallest absolute Gasteiger partial charge is 0.331 e. The molecule has 0 radical (unpaired) electrons. The molecule has 0 bridgehead atoms. The summed E-state index contributed by atoms with van der Waals surface area (Å²) < 4.78 is 16.3. The van der Waals surface area contributed by atoms with Crippen molar-refractivity contribution in [3.05, 3.63) is 28.8 Å². The highest BCUT2D eigenvalue weighted by Crippen LogP contribution is 2.37. The van der Waals surface area contributed by atoms with Crippen LogP contribution in [0.3, 0.4) is 0 Å². The quantitative estimate of drug-likeness (QED) is 0.471. The Morgan fingerprint density at radius 2 is 1.93 bits per heavy atom. The van der Waals surface area contributed by atoms with E-state index in [1.165, 1.54) is 13.2 Å². The summed E-state index contributed by atoms with van der Waals surface area (Å²) >= 11 is 6.31. The van der Waals surface area contributed by atoms with E-state index < -0.39 is 12.1 Å². The Bertz CT molecular complexity index is 741. The van der Waals surface area contributed by atoms with Gasteiger partial charge in [-0.15, -0.1) is 0 Å². The van der Waals surface area contributed by atoms with E-state index in [0.29, 0.717) is 34.6 Å². The standard InChI is InChI=1S/C22H30ClNO5/c1-14(2)13-28-21-18(23)11-16(12-19(21)27-4)9-10-20(25)29-15(3)22(26)24-17-7-5-6-8-17/h9-12,14-15,17H,5-8,13H2,1-4H3,(H,24,26)/b10-9+/t15-/m1/s1. The number of hydrogen-bond donors (Lipinski definition) is 1. The summed E-state index contributed by atoms with van der Waals surface area (Å²) in [6.45, 7) is 6.16. The van der Waals surface area contributed by atoms with Crippen LogP contribution < -0.4 is 14.8 Å². The topological polar surface area (TPSA) is 73.9 Å². The fourth-order valence-corrected chi connectivity index (χ4v) is 3.32. The molecule has 7 heteroatoms. The molecule has 1 aliphatic carbocycles. The Morgan fingerprint density at radius 1 is 1.24 bits per heavy atom. The van der Waals surface area contributed by atoms with E-state index in [0.717, 1.165) is 25.7 Å². The largest absolute Gasteiger partial charge is 0.493 e. The van der Waals surface area contributed by atoms with Gasteiger partial charge < -0.3 is 19.5 Å². The molecule has 1 aliphatic rings. The van der Waals surface area contributed by atoms with Crippen LogP contribution in [0.25, 0.3) is 6.08 Å². The lowest BCUT2D eigenvalue weighted by Crippen LogP contribution is -2.40. The molecule has 0 aromatic heterocycles. The molecule has 1 amide bonds. The van der Waals surface area contributed by atoms with Gasteiger partial charge in [-0.1, -0.05) is 38.3 Å². The molecule has 1 fully saturated rings. The molecule has 1 atom stereocenters. The molecule has 1 aromatic rings. The molecule has 0 spiro atoms. The van der Waals surface area contributed by atoms with Crippen LogP contribution in [0.15, 0.2) is 18.2 Å². The molecule has 0 saturated heterocycles. The van der Waals surface area contributed by atoms with Crippen LogP contribution in [0.1, 0.15) is 52.0 Å². The first-order chi connectivity index (χ1) is 13.8. The van der Waals surface area contributed by atoms with E-state index >= 15 is 0 Å². The van der Waals surface area contributed by atoms with Crippen LogP contribution in [-0.4, -0.2) is 37.7 Å². The van der Waals surface area contributed by atoms with Crippen LogP contribution in [0.2, 0.25) is 5.02 Å². The van der Waals surface area contributed by atoms with Gasteiger partial charge in [0.2, 0.25) is 0 Å². The van der Waals surface area contributed by atoms with Crippen molar-refractivity contribution >= 4 is 29.6 Å². The molecule has 0 heterocycles. The second-order valence-electron chi connectivity index (χ2n) is 7.64. The second kappa shape index (κ2) is 11.1. The van der Waals surface area contributed by atoms with Gasteiger partial charge in [0, 0.05) is 12.1 Å². The molecule has 0 aliphatic heterocycles. The predicted octanol–water partition coefficient (Wildman–Crippen LogP) is 4.39. The Hall–Kier alpha value is -2.21. The van der Waals surface area contributed by atoms with Gasteiger partial charge >= 0.3 is 5.97 Å². The van der Waals surface area contributed by atoms with E-state index in [1.807, 2.05) is 13.8 Å². The van der Waals surface area contributed by atoms with Crippen LogP contribution in [-0.2, 0) is 14.3 Å². The molecular weight excluding hydrogens is 394 g/mol. The lowest BCUT2D eigenvalue weighted by molar-refractivity contribution is -0.150. The number of carbonyl (C=O) groups is 2. The van der Waals surface area contributed by atoms with Gasteiger partial charge in [0.05, 0.1) is 18.7 Å². The third-order valence-electron chi connectivity index (χ3n) is 4.59. The van der Waals surface area contributed by atoms with Gasteiger partial charge in [0.1, 0.15) is 0 Å². The first kappa shape index (κ1) is 23.1. The maximum absolute atomic E-state index is 12.1. The fourth-order valence-electron chi connectivity index (χ4n) is 3.05. The van der Waals surface area contributed by atoms with Crippen LogP contribution >= 0.6 is 11.6 Å². The van der Waals surface area contributed by atoms with Gasteiger partial charge in [-0.25, -0.2) is 4.79 Å². The van der Waals surface area contributed by atoms with E-state index in [-0.39, 0.29) is 11.9 Å². The predicted molar refractivity (Wildman–Crippen MR) is 113 cm³/mol. The van der Waals surface area contributed by atoms with Crippen molar-refractivity contribution in [2.75, 3.05) is 13.7 Å². The number of hydrogen-bond acceptors (Lipinski definition) is 5. The zero-order valence-corrected chi connectivity index (χ0v) is 18.3. The first-order valence-electron chi connectivity index (χ1n) is 9.99. The Kier molecular flexibility index (Phi) is 8.83. The summed E-state index contributed by atoms with van der Waals surface area (Å²) in [5.41, 5.74) is 0.656. The summed E-state index contributed by atoms with van der Waals surface area (Å²) in [7, 11) is 1.53. The summed E-state index contributed by atoms with van der Waals surface area (Å²) in [5.74, 6) is 0.428. The van der Waals surface area contributed by atoms with Crippen LogP contribution in [0.4, 0.5) is 0 Å². The highest BCUT2D eigenvalue weighted by molar-refractivity contribution is 6.32. The summed E-state index contributed by atoms with van der Waals surface area (Å²) in [4.78, 5) is 24.2. The molecule has 1 N–H and O–H groups in total. The van der Waals surface area contributed by atoms with E-state index in [9.17, 15) is 9.59 Å². The van der Waals surface area contributed by atoms with Gasteiger partial charge in [-0.05, 0) is 49.5 Å². The van der Waals surface area contributed by atoms with E-state index in [4.69, 9.17) is 25.8 Å². The summed E-state index contributed by atoms with van der Waals surface area (Å²) in [6.07, 6.45) is 6.17. The molecule has 29 heavy (non-hydrogen) atoms. The van der Waals surface area contributed by atoms with Gasteiger partial charge in [-0.3, -0.25) is 4.79 Å². The van der Waals surface area contributed by atoms with Crippen molar-refractivity contribution in [2.45, 2.75) is 58.6 Å². The number of methoxy groups -OCH3 is 1. The Morgan fingerprint density at radius 3 is 2.55 bits per heavy atom. The van der Waals surface area contributed by atoms with Crippen LogP contribution in [0.5, 0.6) is 11.5 Å². The van der Waals surface area contributed by atoms with Gasteiger partial charge in [-0.2, -0.15) is 0 Å². The molecule has 160 valence electrons. The molecule has 2 rings (SSSR count). The maximum atomic E-state index is 12.1. The van der Waals surface area contributed by atoms with E-state index in [1.54, 1.807) is 25.1 Å². The van der Waals surface area contributed by atoms with Gasteiger partial charge in [0.15, 0.2) is 17.6 Å². The lowest BCUT2D eigenvalue weighted by Gasteiger charge is -2.16. The Balaban J connectivity index is 1.96. The lowest BCUT2D eigenvalue weighted by atomic mass is 10.2. The zero-order valence-electron chi connectivity index (χ0n) is 17.5. The van der Waals surface area contributed by atoms with Crippen molar-refractivity contribution < 1.29 is 23.8 Å². The SMILES string of the molecule is COc1cc(/C=C/C(=O)O[C@H](C)C(=O)NC2CCCC2)cc(Cl)c1OCC(C)C. The summed E-state index contributed by atoms with van der Waals surface area (Å²) in [6, 6.07) is 3.59. The van der Waals surface area contributed by atoms with Crippen LogP contribution in [0, 0.1) is 5.92 Å². The van der Waals surface area contributed by atoms with Crippen molar-refractivity contribution in [1.29, 1.82) is 0 Å². The van der Waals surface area contributed by atoms with E-state index in [2.05, 4.69) is 5.32 Å². The summed E-state index contributed by atoms with van der Waals surface area (Å²) in [5, 5.41) is 3.31. The average molecular weight is 424 g/mol. The number of nitrogens with one attached hydrogen (secondary N) is 1. The minimum absolute atomic E-state index is 0.185. The van der Waals surface area contributed by atoms with Gasteiger partial charge in [0.25, 0.3) is 5.91 Å². The number of rotatable bonds is 9. The molecule has 1 saturated carbocycles. The fraction of sp³-hybridized carbons (Fsp3) is 0.545. The number of benzene rings is 1. The van der Waals surface area contributed by atoms with Crippen molar-refractivity contribution in [2.24, 2.45) is 5.92 Å². The highest BCUT2D eigenvalue weighted by atomic mass is 35.5. The molecule has 1 aromatic carbocycles.